The van der Waals surface area contributed by atoms with E-state index < -0.39 is 0 Å². The molecule has 1 rings (SSSR count). The van der Waals surface area contributed by atoms with Crippen molar-refractivity contribution < 1.29 is 4.79 Å². The molecule has 0 fully saturated rings. The van der Waals surface area contributed by atoms with Crippen LogP contribution in [0.4, 0.5) is 0 Å². The number of amides is 1. The molecular formula is C8H14N4OS. The van der Waals surface area contributed by atoms with E-state index in [0.717, 1.165) is 18.8 Å². The molecule has 1 heterocycles. The first-order chi connectivity index (χ1) is 6.67. The van der Waals surface area contributed by atoms with E-state index in [1.807, 2.05) is 12.4 Å². The average Bonchev–Trinajstić information content (AvgIpc) is 2.65. The monoisotopic (exact) mass is 214 g/mol. The van der Waals surface area contributed by atoms with Gasteiger partial charge in [-0.25, -0.2) is 10.8 Å². The lowest BCUT2D eigenvalue weighted by Gasteiger charge is -2.10. The third-order valence-electron chi connectivity index (χ3n) is 1.85. The van der Waals surface area contributed by atoms with E-state index in [2.05, 4.69) is 22.2 Å². The molecule has 0 aromatic carbocycles. The quantitative estimate of drug-likeness (QED) is 0.426. The van der Waals surface area contributed by atoms with Crippen LogP contribution in [0.2, 0.25) is 0 Å². The Morgan fingerprint density at radius 1 is 1.79 bits per heavy atom. The van der Waals surface area contributed by atoms with E-state index in [-0.39, 0.29) is 5.91 Å². The second-order valence-corrected chi connectivity index (χ2v) is 3.81. The molecular weight excluding hydrogens is 200 g/mol. The molecule has 0 aliphatic carbocycles. The summed E-state index contributed by atoms with van der Waals surface area (Å²) in [5.41, 5.74) is 2.96. The van der Waals surface area contributed by atoms with Gasteiger partial charge in [-0.15, -0.1) is 11.3 Å². The van der Waals surface area contributed by atoms with Gasteiger partial charge in [0.15, 0.2) is 5.01 Å². The van der Waals surface area contributed by atoms with E-state index in [0.29, 0.717) is 5.01 Å². The zero-order valence-electron chi connectivity index (χ0n) is 8.28. The van der Waals surface area contributed by atoms with Crippen molar-refractivity contribution in [1.29, 1.82) is 0 Å². The van der Waals surface area contributed by atoms with E-state index in [1.165, 1.54) is 11.3 Å². The number of hydrogen-bond donors (Lipinski definition) is 2. The summed E-state index contributed by atoms with van der Waals surface area (Å²) >= 11 is 1.30. The molecule has 3 N–H and O–H groups in total. The van der Waals surface area contributed by atoms with Crippen molar-refractivity contribution in [3.63, 3.8) is 0 Å². The molecule has 0 aliphatic heterocycles. The fourth-order valence-corrected chi connectivity index (χ4v) is 1.64. The van der Waals surface area contributed by atoms with Gasteiger partial charge in [-0.2, -0.15) is 0 Å². The molecule has 6 heteroatoms. The number of carbonyl (C=O) groups is 1. The van der Waals surface area contributed by atoms with Crippen LogP contribution in [-0.2, 0) is 6.54 Å². The van der Waals surface area contributed by atoms with E-state index in [1.54, 1.807) is 0 Å². The first kappa shape index (κ1) is 11.1. The van der Waals surface area contributed by atoms with Crippen LogP contribution in [0, 0.1) is 0 Å². The molecule has 0 spiro atoms. The highest BCUT2D eigenvalue weighted by Gasteiger charge is 2.09. The summed E-state index contributed by atoms with van der Waals surface area (Å²) in [4.78, 5) is 17.3. The number of nitrogens with one attached hydrogen (secondary N) is 1. The summed E-state index contributed by atoms with van der Waals surface area (Å²) in [6.45, 7) is 3.78. The highest BCUT2D eigenvalue weighted by Crippen LogP contribution is 2.10. The summed E-state index contributed by atoms with van der Waals surface area (Å²) in [6.07, 6.45) is 0. The number of hydrazine groups is 1. The van der Waals surface area contributed by atoms with Crippen LogP contribution in [0.3, 0.4) is 0 Å². The molecule has 78 valence electrons. The number of thiazole rings is 1. The van der Waals surface area contributed by atoms with Crippen molar-refractivity contribution in [2.75, 3.05) is 13.6 Å². The number of nitrogen functional groups attached to an aromatic ring is 1. The van der Waals surface area contributed by atoms with Crippen LogP contribution < -0.4 is 11.3 Å². The fraction of sp³-hybridized carbons (Fsp3) is 0.500. The van der Waals surface area contributed by atoms with Gasteiger partial charge in [0.2, 0.25) is 0 Å². The molecule has 5 nitrogen and oxygen atoms in total. The van der Waals surface area contributed by atoms with Crippen molar-refractivity contribution in [2.45, 2.75) is 13.5 Å². The maximum absolute atomic E-state index is 11.1. The minimum absolute atomic E-state index is 0.333. The Morgan fingerprint density at radius 2 is 2.50 bits per heavy atom. The minimum Gasteiger partial charge on any atom is -0.301 e. The van der Waals surface area contributed by atoms with E-state index in [4.69, 9.17) is 5.84 Å². The Morgan fingerprint density at radius 3 is 3.07 bits per heavy atom. The van der Waals surface area contributed by atoms with Crippen molar-refractivity contribution in [3.05, 3.63) is 16.1 Å². The average molecular weight is 214 g/mol. The minimum atomic E-state index is -0.333. The van der Waals surface area contributed by atoms with Gasteiger partial charge in [-0.05, 0) is 13.6 Å². The summed E-state index contributed by atoms with van der Waals surface area (Å²) in [5.74, 6) is 4.66. The summed E-state index contributed by atoms with van der Waals surface area (Å²) in [7, 11) is 2.00. The number of hydrogen-bond acceptors (Lipinski definition) is 5. The Kier molecular flexibility index (Phi) is 3.99. The molecule has 14 heavy (non-hydrogen) atoms. The summed E-state index contributed by atoms with van der Waals surface area (Å²) < 4.78 is 0. The van der Waals surface area contributed by atoms with Crippen LogP contribution in [0.1, 0.15) is 22.4 Å². The Balaban J connectivity index is 2.63. The lowest BCUT2D eigenvalue weighted by molar-refractivity contribution is 0.0953. The first-order valence-electron chi connectivity index (χ1n) is 4.31. The number of nitrogens with two attached hydrogens (primary N) is 1. The van der Waals surface area contributed by atoms with E-state index in [9.17, 15) is 4.79 Å². The third kappa shape index (κ3) is 2.76. The lowest BCUT2D eigenvalue weighted by Crippen LogP contribution is -2.29. The predicted octanol–water partition coefficient (Wildman–Crippen LogP) is 0.198. The molecule has 1 aromatic rings. The zero-order chi connectivity index (χ0) is 10.6. The normalized spacial score (nSPS) is 10.6. The van der Waals surface area contributed by atoms with Crippen LogP contribution in [0.25, 0.3) is 0 Å². The largest absolute Gasteiger partial charge is 0.301 e. The SMILES string of the molecule is CCN(C)Cc1csc(C(=O)NN)n1. The number of carbonyl (C=O) groups excluding carboxylic acids is 1. The van der Waals surface area contributed by atoms with Gasteiger partial charge in [0.05, 0.1) is 5.69 Å². The van der Waals surface area contributed by atoms with Crippen LogP contribution in [-0.4, -0.2) is 29.4 Å². The Hall–Kier alpha value is -0.980. The molecule has 0 aliphatic rings. The maximum Gasteiger partial charge on any atom is 0.294 e. The third-order valence-corrected chi connectivity index (χ3v) is 2.74. The molecule has 0 radical (unpaired) electrons. The van der Waals surface area contributed by atoms with Gasteiger partial charge >= 0.3 is 0 Å². The Labute approximate surface area is 86.9 Å². The van der Waals surface area contributed by atoms with Crippen molar-refractivity contribution in [1.82, 2.24) is 15.3 Å². The molecule has 0 atom stereocenters. The summed E-state index contributed by atoms with van der Waals surface area (Å²) in [6, 6.07) is 0. The molecule has 0 saturated carbocycles. The predicted molar refractivity (Wildman–Crippen MR) is 55.8 cm³/mol. The van der Waals surface area contributed by atoms with Crippen LogP contribution in [0.5, 0.6) is 0 Å². The highest BCUT2D eigenvalue weighted by molar-refractivity contribution is 7.11. The van der Waals surface area contributed by atoms with Crippen LogP contribution >= 0.6 is 11.3 Å². The van der Waals surface area contributed by atoms with Gasteiger partial charge < -0.3 is 4.90 Å². The first-order valence-corrected chi connectivity index (χ1v) is 5.19. The number of nitrogens with zero attached hydrogens (tertiary/aromatic N) is 2. The molecule has 1 aromatic heterocycles. The second kappa shape index (κ2) is 5.04. The van der Waals surface area contributed by atoms with Crippen molar-refractivity contribution in [3.8, 4) is 0 Å². The lowest BCUT2D eigenvalue weighted by atomic mass is 10.4. The number of aromatic nitrogens is 1. The molecule has 1 amide bonds. The standard InChI is InChI=1S/C8H14N4OS/c1-3-12(2)4-6-5-14-8(10-6)7(13)11-9/h5H,3-4,9H2,1-2H3,(H,11,13). The zero-order valence-corrected chi connectivity index (χ0v) is 9.10. The second-order valence-electron chi connectivity index (χ2n) is 2.95. The summed E-state index contributed by atoms with van der Waals surface area (Å²) in [5, 5.41) is 2.28. The topological polar surface area (TPSA) is 71.2 Å². The van der Waals surface area contributed by atoms with E-state index >= 15 is 0 Å². The Bertz CT molecular complexity index is 312. The van der Waals surface area contributed by atoms with Crippen molar-refractivity contribution >= 4 is 17.2 Å². The van der Waals surface area contributed by atoms with Gasteiger partial charge in [0.25, 0.3) is 5.91 Å². The smallest absolute Gasteiger partial charge is 0.294 e. The molecule has 0 bridgehead atoms. The fourth-order valence-electron chi connectivity index (χ4n) is 0.934. The van der Waals surface area contributed by atoms with Gasteiger partial charge in [-0.1, -0.05) is 6.92 Å². The molecule has 0 saturated heterocycles. The number of rotatable bonds is 4. The maximum atomic E-state index is 11.1. The molecule has 0 unspecified atom stereocenters. The van der Waals surface area contributed by atoms with Gasteiger partial charge in [0, 0.05) is 11.9 Å². The highest BCUT2D eigenvalue weighted by atomic mass is 32.1. The van der Waals surface area contributed by atoms with Gasteiger partial charge in [-0.3, -0.25) is 10.2 Å². The van der Waals surface area contributed by atoms with Crippen LogP contribution in [0.15, 0.2) is 5.38 Å². The van der Waals surface area contributed by atoms with Gasteiger partial charge in [0.1, 0.15) is 0 Å². The van der Waals surface area contributed by atoms with Crippen molar-refractivity contribution in [2.24, 2.45) is 5.84 Å².